The number of anilines is 1. The molecule has 14 heavy (non-hydrogen) atoms. The normalized spacial score (nSPS) is 10.6. The molecule has 0 bridgehead atoms. The van der Waals surface area contributed by atoms with Crippen LogP contribution in [0.1, 0.15) is 5.82 Å². The van der Waals surface area contributed by atoms with E-state index in [0.29, 0.717) is 23.1 Å². The number of aliphatic hydroxyl groups is 1. The van der Waals surface area contributed by atoms with Crippen LogP contribution in [0.25, 0.3) is 11.5 Å². The highest BCUT2D eigenvalue weighted by atomic mass is 32.1. The van der Waals surface area contributed by atoms with Crippen molar-refractivity contribution in [1.29, 1.82) is 0 Å². The van der Waals surface area contributed by atoms with Crippen LogP contribution in [0, 0.1) is 0 Å². The van der Waals surface area contributed by atoms with Gasteiger partial charge in [0.25, 0.3) is 5.89 Å². The molecule has 5 nitrogen and oxygen atoms in total. The van der Waals surface area contributed by atoms with E-state index in [4.69, 9.17) is 15.4 Å². The summed E-state index contributed by atoms with van der Waals surface area (Å²) in [5.74, 6) is 0.903. The highest BCUT2D eigenvalue weighted by Gasteiger charge is 2.11. The second kappa shape index (κ2) is 3.77. The highest BCUT2D eigenvalue weighted by Crippen LogP contribution is 2.28. The Morgan fingerprint density at radius 1 is 1.57 bits per heavy atom. The molecule has 0 aliphatic carbocycles. The van der Waals surface area contributed by atoms with E-state index in [2.05, 4.69) is 10.1 Å². The van der Waals surface area contributed by atoms with E-state index < -0.39 is 0 Å². The maximum Gasteiger partial charge on any atom is 0.260 e. The first kappa shape index (κ1) is 9.17. The number of thiophene rings is 1. The standard InChI is InChI=1S/C8H9N3O2S/c9-7-5(2-4-14-7)8-10-6(1-3-12)11-13-8/h2,4,12H,1,3,9H2. The third-order valence-electron chi connectivity index (χ3n) is 1.73. The summed E-state index contributed by atoms with van der Waals surface area (Å²) < 4.78 is 5.00. The molecule has 2 heterocycles. The van der Waals surface area contributed by atoms with Crippen molar-refractivity contribution in [2.24, 2.45) is 0 Å². The lowest BCUT2D eigenvalue weighted by molar-refractivity contribution is 0.293. The Bertz CT molecular complexity index is 424. The molecule has 2 aromatic rings. The number of rotatable bonds is 3. The minimum absolute atomic E-state index is 0.0120. The SMILES string of the molecule is Nc1sccc1-c1nc(CCO)no1. The van der Waals surface area contributed by atoms with Crippen LogP contribution < -0.4 is 5.73 Å². The van der Waals surface area contributed by atoms with Crippen LogP contribution >= 0.6 is 11.3 Å². The van der Waals surface area contributed by atoms with E-state index in [1.54, 1.807) is 0 Å². The summed E-state index contributed by atoms with van der Waals surface area (Å²) in [6, 6.07) is 1.83. The van der Waals surface area contributed by atoms with Crippen molar-refractivity contribution in [2.45, 2.75) is 6.42 Å². The first-order valence-corrected chi connectivity index (χ1v) is 4.96. The molecule has 0 aromatic carbocycles. The zero-order valence-electron chi connectivity index (χ0n) is 7.30. The van der Waals surface area contributed by atoms with Crippen LogP contribution in [-0.4, -0.2) is 21.9 Å². The summed E-state index contributed by atoms with van der Waals surface area (Å²) in [6.45, 7) is 0.0120. The molecule has 74 valence electrons. The molecule has 0 unspecified atom stereocenters. The van der Waals surface area contributed by atoms with Crippen molar-refractivity contribution in [3.8, 4) is 11.5 Å². The molecule has 2 rings (SSSR count). The van der Waals surface area contributed by atoms with Gasteiger partial charge in [-0.25, -0.2) is 0 Å². The molecule has 0 amide bonds. The Labute approximate surface area is 84.2 Å². The Morgan fingerprint density at radius 2 is 2.43 bits per heavy atom. The molecule has 0 saturated carbocycles. The number of aromatic nitrogens is 2. The van der Waals surface area contributed by atoms with E-state index in [1.807, 2.05) is 11.4 Å². The molecule has 0 atom stereocenters. The van der Waals surface area contributed by atoms with Gasteiger partial charge in [-0.3, -0.25) is 0 Å². The van der Waals surface area contributed by atoms with E-state index in [0.717, 1.165) is 5.56 Å². The van der Waals surface area contributed by atoms with Crippen LogP contribution in [0.5, 0.6) is 0 Å². The summed E-state index contributed by atoms with van der Waals surface area (Å²) in [5.41, 5.74) is 6.45. The Morgan fingerprint density at radius 3 is 3.07 bits per heavy atom. The molecule has 0 spiro atoms. The molecule has 0 saturated heterocycles. The summed E-state index contributed by atoms with van der Waals surface area (Å²) in [7, 11) is 0. The Hall–Kier alpha value is -1.40. The molecule has 0 radical (unpaired) electrons. The van der Waals surface area contributed by atoms with Crippen molar-refractivity contribution >= 4 is 16.3 Å². The maximum absolute atomic E-state index is 8.67. The molecule has 0 aliphatic heterocycles. The first-order chi connectivity index (χ1) is 6.81. The quantitative estimate of drug-likeness (QED) is 0.788. The predicted octanol–water partition coefficient (Wildman–Crippen LogP) is 0.915. The fourth-order valence-corrected chi connectivity index (χ4v) is 1.70. The number of nitrogen functional groups attached to an aromatic ring is 1. The van der Waals surface area contributed by atoms with Crippen molar-refractivity contribution in [3.63, 3.8) is 0 Å². The van der Waals surface area contributed by atoms with Gasteiger partial charge in [-0.2, -0.15) is 4.98 Å². The Balaban J connectivity index is 2.29. The fourth-order valence-electron chi connectivity index (χ4n) is 1.06. The van der Waals surface area contributed by atoms with E-state index in [9.17, 15) is 0 Å². The van der Waals surface area contributed by atoms with Gasteiger partial charge in [-0.15, -0.1) is 11.3 Å². The van der Waals surface area contributed by atoms with E-state index >= 15 is 0 Å². The largest absolute Gasteiger partial charge is 0.396 e. The van der Waals surface area contributed by atoms with E-state index in [-0.39, 0.29) is 6.61 Å². The van der Waals surface area contributed by atoms with Crippen LogP contribution in [0.15, 0.2) is 16.0 Å². The minimum Gasteiger partial charge on any atom is -0.396 e. The van der Waals surface area contributed by atoms with Gasteiger partial charge in [-0.1, -0.05) is 5.16 Å². The first-order valence-electron chi connectivity index (χ1n) is 4.08. The number of nitrogens with two attached hydrogens (primary N) is 1. The van der Waals surface area contributed by atoms with Crippen molar-refractivity contribution < 1.29 is 9.63 Å². The summed E-state index contributed by atoms with van der Waals surface area (Å²) in [4.78, 5) is 4.09. The molecular formula is C8H9N3O2S. The monoisotopic (exact) mass is 211 g/mol. The maximum atomic E-state index is 8.67. The average Bonchev–Trinajstić information content (AvgIpc) is 2.74. The van der Waals surface area contributed by atoms with Crippen LogP contribution in [0.3, 0.4) is 0 Å². The third kappa shape index (κ3) is 1.61. The predicted molar refractivity (Wildman–Crippen MR) is 52.8 cm³/mol. The molecule has 0 fully saturated rings. The lowest BCUT2D eigenvalue weighted by Crippen LogP contribution is -1.92. The van der Waals surface area contributed by atoms with E-state index in [1.165, 1.54) is 11.3 Å². The lowest BCUT2D eigenvalue weighted by Gasteiger charge is -1.89. The van der Waals surface area contributed by atoms with Gasteiger partial charge < -0.3 is 15.4 Å². The summed E-state index contributed by atoms with van der Waals surface area (Å²) in [6.07, 6.45) is 0.396. The summed E-state index contributed by atoms with van der Waals surface area (Å²) >= 11 is 1.42. The number of hydrogen-bond donors (Lipinski definition) is 2. The fraction of sp³-hybridized carbons (Fsp3) is 0.250. The number of hydrogen-bond acceptors (Lipinski definition) is 6. The molecule has 2 aromatic heterocycles. The smallest absolute Gasteiger partial charge is 0.260 e. The molecule has 0 aliphatic rings. The van der Waals surface area contributed by atoms with Gasteiger partial charge in [-0.05, 0) is 11.4 Å². The second-order valence-electron chi connectivity index (χ2n) is 2.69. The van der Waals surface area contributed by atoms with Gasteiger partial charge in [0.2, 0.25) is 0 Å². The Kier molecular flexibility index (Phi) is 2.47. The van der Waals surface area contributed by atoms with Crippen molar-refractivity contribution in [2.75, 3.05) is 12.3 Å². The average molecular weight is 211 g/mol. The van der Waals surface area contributed by atoms with Crippen LogP contribution in [0.4, 0.5) is 5.00 Å². The van der Waals surface area contributed by atoms with Gasteiger partial charge in [0, 0.05) is 6.42 Å². The molecular weight excluding hydrogens is 202 g/mol. The second-order valence-corrected chi connectivity index (χ2v) is 3.64. The van der Waals surface area contributed by atoms with Crippen LogP contribution in [-0.2, 0) is 6.42 Å². The molecule has 3 N–H and O–H groups in total. The van der Waals surface area contributed by atoms with Gasteiger partial charge in [0.15, 0.2) is 5.82 Å². The van der Waals surface area contributed by atoms with Crippen molar-refractivity contribution in [1.82, 2.24) is 10.1 Å². The third-order valence-corrected chi connectivity index (χ3v) is 2.48. The number of nitrogens with zero attached hydrogens (tertiary/aromatic N) is 2. The highest BCUT2D eigenvalue weighted by molar-refractivity contribution is 7.14. The lowest BCUT2D eigenvalue weighted by atomic mass is 10.3. The topological polar surface area (TPSA) is 85.2 Å². The minimum atomic E-state index is 0.0120. The molecule has 6 heteroatoms. The number of aliphatic hydroxyl groups excluding tert-OH is 1. The zero-order chi connectivity index (χ0) is 9.97. The van der Waals surface area contributed by atoms with Crippen molar-refractivity contribution in [3.05, 3.63) is 17.3 Å². The van der Waals surface area contributed by atoms with Crippen LogP contribution in [0.2, 0.25) is 0 Å². The van der Waals surface area contributed by atoms with Gasteiger partial charge in [0.05, 0.1) is 17.2 Å². The zero-order valence-corrected chi connectivity index (χ0v) is 8.12. The van der Waals surface area contributed by atoms with Gasteiger partial charge in [0.1, 0.15) is 0 Å². The van der Waals surface area contributed by atoms with Gasteiger partial charge >= 0.3 is 0 Å². The summed E-state index contributed by atoms with van der Waals surface area (Å²) in [5, 5.41) is 14.9.